The number of benzene rings is 4. The van der Waals surface area contributed by atoms with E-state index in [-0.39, 0.29) is 0 Å². The van der Waals surface area contributed by atoms with Gasteiger partial charge in [0.05, 0.1) is 0 Å². The molecule has 4 aromatic carbocycles. The molecule has 0 aliphatic carbocycles. The Kier molecular flexibility index (Phi) is 2.30. The van der Waals surface area contributed by atoms with E-state index in [9.17, 15) is 0 Å². The van der Waals surface area contributed by atoms with Crippen LogP contribution in [-0.4, -0.2) is 0 Å². The summed E-state index contributed by atoms with van der Waals surface area (Å²) >= 11 is 4.74. The number of thiol groups is 1. The van der Waals surface area contributed by atoms with Gasteiger partial charge in [-0.2, -0.15) is 0 Å². The molecular formula is C18H12S. The van der Waals surface area contributed by atoms with Gasteiger partial charge in [0.1, 0.15) is 0 Å². The zero-order valence-corrected chi connectivity index (χ0v) is 11.2. The van der Waals surface area contributed by atoms with Gasteiger partial charge in [-0.3, -0.25) is 0 Å². The maximum Gasteiger partial charge on any atom is 0.0198 e. The molecule has 0 saturated carbocycles. The molecule has 0 heterocycles. The topological polar surface area (TPSA) is 0 Å². The first-order valence-electron chi connectivity index (χ1n) is 6.37. The highest BCUT2D eigenvalue weighted by Gasteiger charge is 2.06. The quantitative estimate of drug-likeness (QED) is 0.243. The van der Waals surface area contributed by atoms with Crippen LogP contribution in [0.2, 0.25) is 0 Å². The first-order chi connectivity index (χ1) is 9.34. The van der Waals surface area contributed by atoms with E-state index in [1.165, 1.54) is 32.3 Å². The second kappa shape index (κ2) is 4.01. The van der Waals surface area contributed by atoms with E-state index < -0.39 is 0 Å². The van der Waals surface area contributed by atoms with Crippen molar-refractivity contribution >= 4 is 44.9 Å². The molecule has 0 aliphatic rings. The number of hydrogen-bond donors (Lipinski definition) is 1. The second-order valence-electron chi connectivity index (χ2n) is 4.83. The van der Waals surface area contributed by atoms with Crippen LogP contribution in [0.25, 0.3) is 32.3 Å². The summed E-state index contributed by atoms with van der Waals surface area (Å²) < 4.78 is 0. The fraction of sp³-hybridized carbons (Fsp3) is 0. The molecule has 0 spiro atoms. The molecule has 0 atom stereocenters. The average Bonchev–Trinajstić information content (AvgIpc) is 2.47. The Bertz CT molecular complexity index is 922. The summed E-state index contributed by atoms with van der Waals surface area (Å²) in [6.07, 6.45) is 0. The molecule has 0 amide bonds. The summed E-state index contributed by atoms with van der Waals surface area (Å²) in [5, 5.41) is 7.53. The van der Waals surface area contributed by atoms with E-state index in [0.29, 0.717) is 0 Å². The van der Waals surface area contributed by atoms with Crippen LogP contribution in [0.4, 0.5) is 0 Å². The first kappa shape index (κ1) is 10.9. The third-order valence-corrected chi connectivity index (χ3v) is 4.22. The fourth-order valence-electron chi connectivity index (χ4n) is 2.80. The van der Waals surface area contributed by atoms with Crippen molar-refractivity contribution in [2.45, 2.75) is 4.90 Å². The minimum absolute atomic E-state index is 1.07. The van der Waals surface area contributed by atoms with Gasteiger partial charge in [-0.05, 0) is 38.4 Å². The molecule has 4 aromatic rings. The maximum atomic E-state index is 4.74. The molecule has 19 heavy (non-hydrogen) atoms. The fourth-order valence-corrected chi connectivity index (χ4v) is 3.20. The summed E-state index contributed by atoms with van der Waals surface area (Å²) in [5.74, 6) is 0. The predicted octanol–water partition coefficient (Wildman–Crippen LogP) is 5.43. The van der Waals surface area contributed by atoms with Crippen molar-refractivity contribution < 1.29 is 0 Å². The van der Waals surface area contributed by atoms with E-state index in [0.717, 1.165) is 4.90 Å². The summed E-state index contributed by atoms with van der Waals surface area (Å²) in [6, 6.07) is 23.5. The lowest BCUT2D eigenvalue weighted by Crippen LogP contribution is -1.82. The lowest BCUT2D eigenvalue weighted by molar-refractivity contribution is 1.64. The van der Waals surface area contributed by atoms with Gasteiger partial charge in [-0.15, -0.1) is 12.6 Å². The van der Waals surface area contributed by atoms with E-state index in [1.54, 1.807) is 0 Å². The molecule has 0 aromatic heterocycles. The number of hydrogen-bond acceptors (Lipinski definition) is 1. The number of rotatable bonds is 0. The summed E-state index contributed by atoms with van der Waals surface area (Å²) in [6.45, 7) is 0. The zero-order valence-electron chi connectivity index (χ0n) is 10.3. The highest BCUT2D eigenvalue weighted by Crippen LogP contribution is 2.34. The Morgan fingerprint density at radius 1 is 0.526 bits per heavy atom. The average molecular weight is 260 g/mol. The third-order valence-electron chi connectivity index (χ3n) is 3.74. The molecule has 4 rings (SSSR count). The molecule has 0 saturated heterocycles. The van der Waals surface area contributed by atoms with Crippen LogP contribution >= 0.6 is 12.6 Å². The van der Waals surface area contributed by atoms with Gasteiger partial charge in [0.15, 0.2) is 0 Å². The normalized spacial score (nSPS) is 11.4. The molecule has 1 heteroatoms. The van der Waals surface area contributed by atoms with E-state index >= 15 is 0 Å². The Morgan fingerprint density at radius 2 is 1.21 bits per heavy atom. The van der Waals surface area contributed by atoms with Gasteiger partial charge in [0.25, 0.3) is 0 Å². The first-order valence-corrected chi connectivity index (χ1v) is 6.81. The Hall–Kier alpha value is -1.99. The highest BCUT2D eigenvalue weighted by atomic mass is 32.1. The van der Waals surface area contributed by atoms with Gasteiger partial charge in [0, 0.05) is 4.90 Å². The lowest BCUT2D eigenvalue weighted by atomic mass is 9.98. The van der Waals surface area contributed by atoms with Gasteiger partial charge in [0.2, 0.25) is 0 Å². The minimum atomic E-state index is 1.07. The van der Waals surface area contributed by atoms with Crippen molar-refractivity contribution in [1.82, 2.24) is 0 Å². The van der Waals surface area contributed by atoms with E-state index in [4.69, 9.17) is 12.6 Å². The summed E-state index contributed by atoms with van der Waals surface area (Å²) in [4.78, 5) is 1.07. The standard InChI is InChI=1S/C18H12S/c19-18-15-8-4-2-6-13(15)11-17-14-7-3-1-5-12(14)9-10-16(17)18/h1-11,19H. The molecule has 0 nitrogen and oxygen atoms in total. The van der Waals surface area contributed by atoms with Crippen molar-refractivity contribution in [3.63, 3.8) is 0 Å². The van der Waals surface area contributed by atoms with Crippen molar-refractivity contribution in [3.8, 4) is 0 Å². The highest BCUT2D eigenvalue weighted by molar-refractivity contribution is 7.80. The van der Waals surface area contributed by atoms with E-state index in [2.05, 4.69) is 66.7 Å². The summed E-state index contributed by atoms with van der Waals surface area (Å²) in [5.41, 5.74) is 0. The van der Waals surface area contributed by atoms with Crippen LogP contribution in [0.3, 0.4) is 0 Å². The second-order valence-corrected chi connectivity index (χ2v) is 5.28. The van der Waals surface area contributed by atoms with Crippen molar-refractivity contribution in [2.24, 2.45) is 0 Å². The third kappa shape index (κ3) is 1.55. The molecule has 90 valence electrons. The van der Waals surface area contributed by atoms with Crippen LogP contribution in [0, 0.1) is 0 Å². The van der Waals surface area contributed by atoms with Crippen LogP contribution in [0.1, 0.15) is 0 Å². The molecule has 0 bridgehead atoms. The lowest BCUT2D eigenvalue weighted by Gasteiger charge is -2.09. The van der Waals surface area contributed by atoms with Crippen LogP contribution < -0.4 is 0 Å². The molecule has 0 aliphatic heterocycles. The number of fused-ring (bicyclic) bond motifs is 4. The Labute approximate surface area is 117 Å². The maximum absolute atomic E-state index is 4.74. The Balaban J connectivity index is 2.32. The zero-order chi connectivity index (χ0) is 12.8. The Morgan fingerprint density at radius 3 is 2.05 bits per heavy atom. The van der Waals surface area contributed by atoms with Gasteiger partial charge in [-0.1, -0.05) is 60.7 Å². The van der Waals surface area contributed by atoms with Gasteiger partial charge >= 0.3 is 0 Å². The molecule has 0 fully saturated rings. The molecular weight excluding hydrogens is 248 g/mol. The van der Waals surface area contributed by atoms with Crippen LogP contribution in [0.5, 0.6) is 0 Å². The summed E-state index contributed by atoms with van der Waals surface area (Å²) in [7, 11) is 0. The van der Waals surface area contributed by atoms with Crippen molar-refractivity contribution in [1.29, 1.82) is 0 Å². The van der Waals surface area contributed by atoms with Crippen molar-refractivity contribution in [3.05, 3.63) is 66.7 Å². The monoisotopic (exact) mass is 260 g/mol. The minimum Gasteiger partial charge on any atom is -0.142 e. The van der Waals surface area contributed by atoms with Gasteiger partial charge in [-0.25, -0.2) is 0 Å². The van der Waals surface area contributed by atoms with Gasteiger partial charge < -0.3 is 0 Å². The molecule has 0 N–H and O–H groups in total. The predicted molar refractivity (Wildman–Crippen MR) is 86.2 cm³/mol. The van der Waals surface area contributed by atoms with E-state index in [1.807, 2.05) is 0 Å². The van der Waals surface area contributed by atoms with Crippen molar-refractivity contribution in [2.75, 3.05) is 0 Å². The smallest absolute Gasteiger partial charge is 0.0198 e. The molecule has 0 radical (unpaired) electrons. The van der Waals surface area contributed by atoms with Crippen LogP contribution in [-0.2, 0) is 0 Å². The SMILES string of the molecule is Sc1c2ccccc2cc2c1ccc1ccccc12. The largest absolute Gasteiger partial charge is 0.142 e. The molecule has 0 unspecified atom stereocenters. The van der Waals surface area contributed by atoms with Crippen LogP contribution in [0.15, 0.2) is 71.6 Å².